The van der Waals surface area contributed by atoms with Crippen molar-refractivity contribution in [1.82, 2.24) is 9.88 Å². The van der Waals surface area contributed by atoms with Gasteiger partial charge in [-0.2, -0.15) is 0 Å². The van der Waals surface area contributed by atoms with E-state index in [1.165, 1.54) is 31.5 Å². The van der Waals surface area contributed by atoms with Gasteiger partial charge in [0, 0.05) is 19.3 Å². The molecule has 1 aliphatic rings. The Labute approximate surface area is 130 Å². The number of piperidine rings is 1. The standard InChI is InChI=1S/C18H31N3/c1-5-9-19-17-13-15(6-10-20-17)14-21-11-7-16(8-12-21)18(2,3)4/h6,10,13,16H,5,7-9,11-12,14H2,1-4H3,(H,19,20). The maximum absolute atomic E-state index is 4.38. The Bertz CT molecular complexity index is 428. The SMILES string of the molecule is CCCNc1cc(CN2CCC(C(C)(C)C)CC2)ccn1. The quantitative estimate of drug-likeness (QED) is 0.882. The molecule has 2 rings (SSSR count). The highest BCUT2D eigenvalue weighted by Crippen LogP contribution is 2.34. The van der Waals surface area contributed by atoms with Gasteiger partial charge in [0.2, 0.25) is 0 Å². The van der Waals surface area contributed by atoms with Gasteiger partial charge in [-0.05, 0) is 61.4 Å². The van der Waals surface area contributed by atoms with Crippen molar-refractivity contribution in [3.63, 3.8) is 0 Å². The maximum Gasteiger partial charge on any atom is 0.126 e. The molecule has 0 unspecified atom stereocenters. The lowest BCUT2D eigenvalue weighted by Gasteiger charge is -2.38. The number of pyridine rings is 1. The molecule has 0 saturated carbocycles. The van der Waals surface area contributed by atoms with E-state index < -0.39 is 0 Å². The van der Waals surface area contributed by atoms with Crippen molar-refractivity contribution >= 4 is 5.82 Å². The first kappa shape index (κ1) is 16.3. The summed E-state index contributed by atoms with van der Waals surface area (Å²) in [6, 6.07) is 4.35. The van der Waals surface area contributed by atoms with E-state index >= 15 is 0 Å². The van der Waals surface area contributed by atoms with Crippen LogP contribution in [0.1, 0.15) is 52.5 Å². The molecule has 1 aromatic rings. The Morgan fingerprint density at radius 2 is 2.00 bits per heavy atom. The van der Waals surface area contributed by atoms with Crippen LogP contribution in [-0.2, 0) is 6.54 Å². The lowest BCUT2D eigenvalue weighted by molar-refractivity contribution is 0.108. The van der Waals surface area contributed by atoms with Gasteiger partial charge in [0.15, 0.2) is 0 Å². The lowest BCUT2D eigenvalue weighted by Crippen LogP contribution is -2.37. The van der Waals surface area contributed by atoms with Gasteiger partial charge in [0.1, 0.15) is 5.82 Å². The van der Waals surface area contributed by atoms with Crippen molar-refractivity contribution in [2.24, 2.45) is 11.3 Å². The molecule has 0 aliphatic carbocycles. The number of hydrogen-bond acceptors (Lipinski definition) is 3. The van der Waals surface area contributed by atoms with E-state index in [0.29, 0.717) is 5.41 Å². The fraction of sp³-hybridized carbons (Fsp3) is 0.722. The molecule has 0 radical (unpaired) electrons. The van der Waals surface area contributed by atoms with Crippen LogP contribution >= 0.6 is 0 Å². The third-order valence-corrected chi connectivity index (χ3v) is 4.60. The molecule has 0 spiro atoms. The van der Waals surface area contributed by atoms with Gasteiger partial charge in [-0.15, -0.1) is 0 Å². The number of rotatable bonds is 5. The van der Waals surface area contributed by atoms with Gasteiger partial charge in [0.25, 0.3) is 0 Å². The Kier molecular flexibility index (Phi) is 5.63. The molecular formula is C18H31N3. The number of hydrogen-bond donors (Lipinski definition) is 1. The Morgan fingerprint density at radius 1 is 1.29 bits per heavy atom. The molecule has 2 heterocycles. The monoisotopic (exact) mass is 289 g/mol. The summed E-state index contributed by atoms with van der Waals surface area (Å²) in [5.74, 6) is 1.88. The predicted molar refractivity (Wildman–Crippen MR) is 90.5 cm³/mol. The number of nitrogens with one attached hydrogen (secondary N) is 1. The second-order valence-corrected chi connectivity index (χ2v) is 7.39. The normalized spacial score (nSPS) is 17.9. The summed E-state index contributed by atoms with van der Waals surface area (Å²) in [6.07, 6.45) is 5.71. The van der Waals surface area contributed by atoms with Gasteiger partial charge >= 0.3 is 0 Å². The van der Waals surface area contributed by atoms with Gasteiger partial charge in [0.05, 0.1) is 0 Å². The highest BCUT2D eigenvalue weighted by Gasteiger charge is 2.28. The first-order chi connectivity index (χ1) is 9.99. The van der Waals surface area contributed by atoms with E-state index in [1.807, 2.05) is 6.20 Å². The van der Waals surface area contributed by atoms with Crippen molar-refractivity contribution in [3.8, 4) is 0 Å². The molecule has 0 amide bonds. The number of aromatic nitrogens is 1. The Balaban J connectivity index is 1.86. The van der Waals surface area contributed by atoms with Crippen molar-refractivity contribution < 1.29 is 0 Å². The summed E-state index contributed by atoms with van der Waals surface area (Å²) >= 11 is 0. The third-order valence-electron chi connectivity index (χ3n) is 4.60. The second kappa shape index (κ2) is 7.26. The van der Waals surface area contributed by atoms with Gasteiger partial charge in [-0.3, -0.25) is 4.90 Å². The van der Waals surface area contributed by atoms with Crippen LogP contribution in [0.5, 0.6) is 0 Å². The van der Waals surface area contributed by atoms with Crippen molar-refractivity contribution in [2.75, 3.05) is 25.0 Å². The smallest absolute Gasteiger partial charge is 0.126 e. The second-order valence-electron chi connectivity index (χ2n) is 7.39. The zero-order valence-electron chi connectivity index (χ0n) is 14.2. The predicted octanol–water partition coefficient (Wildman–Crippen LogP) is 4.16. The van der Waals surface area contributed by atoms with Crippen LogP contribution in [0, 0.1) is 11.3 Å². The molecule has 1 saturated heterocycles. The summed E-state index contributed by atoms with van der Waals surface area (Å²) in [6.45, 7) is 13.8. The van der Waals surface area contributed by atoms with E-state index in [-0.39, 0.29) is 0 Å². The first-order valence-corrected chi connectivity index (χ1v) is 8.40. The average molecular weight is 289 g/mol. The molecule has 21 heavy (non-hydrogen) atoms. The summed E-state index contributed by atoms with van der Waals surface area (Å²) < 4.78 is 0. The Morgan fingerprint density at radius 3 is 2.62 bits per heavy atom. The van der Waals surface area contributed by atoms with Crippen LogP contribution < -0.4 is 5.32 Å². The molecule has 1 aromatic heterocycles. The van der Waals surface area contributed by atoms with Gasteiger partial charge in [-0.1, -0.05) is 27.7 Å². The minimum absolute atomic E-state index is 0.458. The summed E-state index contributed by atoms with van der Waals surface area (Å²) in [7, 11) is 0. The highest BCUT2D eigenvalue weighted by molar-refractivity contribution is 5.37. The molecule has 1 N–H and O–H groups in total. The van der Waals surface area contributed by atoms with E-state index in [4.69, 9.17) is 0 Å². The molecule has 118 valence electrons. The summed E-state index contributed by atoms with van der Waals surface area (Å²) in [5.41, 5.74) is 1.83. The maximum atomic E-state index is 4.38. The molecule has 0 aromatic carbocycles. The van der Waals surface area contributed by atoms with Crippen molar-refractivity contribution in [3.05, 3.63) is 23.9 Å². The third kappa shape index (κ3) is 4.99. The molecule has 1 aliphatic heterocycles. The van der Waals surface area contributed by atoms with E-state index in [2.05, 4.69) is 55.0 Å². The fourth-order valence-corrected chi connectivity index (χ4v) is 3.14. The molecule has 0 bridgehead atoms. The van der Waals surface area contributed by atoms with Crippen LogP contribution in [0.4, 0.5) is 5.82 Å². The van der Waals surface area contributed by atoms with E-state index in [0.717, 1.165) is 31.2 Å². The average Bonchev–Trinajstić information content (AvgIpc) is 2.45. The van der Waals surface area contributed by atoms with Crippen molar-refractivity contribution in [1.29, 1.82) is 0 Å². The minimum Gasteiger partial charge on any atom is -0.370 e. The molecule has 3 heteroatoms. The molecular weight excluding hydrogens is 258 g/mol. The van der Waals surface area contributed by atoms with Crippen molar-refractivity contribution in [2.45, 2.75) is 53.5 Å². The Hall–Kier alpha value is -1.09. The summed E-state index contributed by atoms with van der Waals surface area (Å²) in [4.78, 5) is 6.97. The number of likely N-dealkylation sites (tertiary alicyclic amines) is 1. The highest BCUT2D eigenvalue weighted by atomic mass is 15.1. The lowest BCUT2D eigenvalue weighted by atomic mass is 9.75. The molecule has 3 nitrogen and oxygen atoms in total. The molecule has 0 atom stereocenters. The van der Waals surface area contributed by atoms with Gasteiger partial charge in [-0.25, -0.2) is 4.98 Å². The first-order valence-electron chi connectivity index (χ1n) is 8.40. The van der Waals surface area contributed by atoms with Gasteiger partial charge < -0.3 is 5.32 Å². The van der Waals surface area contributed by atoms with E-state index in [1.54, 1.807) is 0 Å². The summed E-state index contributed by atoms with van der Waals surface area (Å²) in [5, 5.41) is 3.37. The van der Waals surface area contributed by atoms with Crippen LogP contribution in [0.2, 0.25) is 0 Å². The molecule has 1 fully saturated rings. The van der Waals surface area contributed by atoms with Crippen LogP contribution in [0.15, 0.2) is 18.3 Å². The largest absolute Gasteiger partial charge is 0.370 e. The van der Waals surface area contributed by atoms with Crippen LogP contribution in [-0.4, -0.2) is 29.5 Å². The fourth-order valence-electron chi connectivity index (χ4n) is 3.14. The zero-order valence-corrected chi connectivity index (χ0v) is 14.2. The van der Waals surface area contributed by atoms with Crippen LogP contribution in [0.3, 0.4) is 0 Å². The topological polar surface area (TPSA) is 28.2 Å². The van der Waals surface area contributed by atoms with Crippen LogP contribution in [0.25, 0.3) is 0 Å². The van der Waals surface area contributed by atoms with E-state index in [9.17, 15) is 0 Å². The number of nitrogens with zero attached hydrogens (tertiary/aromatic N) is 2. The number of anilines is 1. The minimum atomic E-state index is 0.458. The zero-order chi connectivity index (χ0) is 15.3.